The zero-order valence-electron chi connectivity index (χ0n) is 18.5. The number of Topliss-reactive ketones (excluding diaryl/α,β-unsaturated/α-hetero) is 3. The smallest absolute Gasteiger partial charge is 0.298 e. The second-order valence-corrected chi connectivity index (χ2v) is 9.61. The van der Waals surface area contributed by atoms with E-state index in [2.05, 4.69) is 0 Å². The van der Waals surface area contributed by atoms with E-state index in [0.29, 0.717) is 17.5 Å². The Bertz CT molecular complexity index is 1100. The van der Waals surface area contributed by atoms with Crippen LogP contribution < -0.4 is 0 Å². The van der Waals surface area contributed by atoms with Gasteiger partial charge in [-0.3, -0.25) is 14.4 Å². The summed E-state index contributed by atoms with van der Waals surface area (Å²) in [6.07, 6.45) is -4.11. The van der Waals surface area contributed by atoms with Crippen molar-refractivity contribution in [1.82, 2.24) is 0 Å². The molecule has 7 heteroatoms. The van der Waals surface area contributed by atoms with E-state index in [-0.39, 0.29) is 5.56 Å². The molecule has 0 aliphatic heterocycles. The Kier molecular flexibility index (Phi) is 5.92. The van der Waals surface area contributed by atoms with Gasteiger partial charge in [0, 0.05) is 0 Å². The lowest BCUT2D eigenvalue weighted by molar-refractivity contribution is -0.157. The first-order chi connectivity index (χ1) is 14.6. The van der Waals surface area contributed by atoms with Gasteiger partial charge in [0.1, 0.15) is 5.92 Å². The molecule has 0 aromatic heterocycles. The average molecular weight is 465 g/mol. The van der Waals surface area contributed by atoms with Gasteiger partial charge in [-0.15, -0.1) is 0 Å². The van der Waals surface area contributed by atoms with Gasteiger partial charge in [-0.2, -0.15) is 13.2 Å². The van der Waals surface area contributed by atoms with Crippen LogP contribution in [-0.4, -0.2) is 17.3 Å². The number of benzene rings is 2. The van der Waals surface area contributed by atoms with E-state index in [4.69, 9.17) is 11.6 Å². The largest absolute Gasteiger partial charge is 0.417 e. The van der Waals surface area contributed by atoms with Crippen LogP contribution in [0.1, 0.15) is 57.2 Å². The molecule has 2 aromatic rings. The Morgan fingerprint density at radius 2 is 1.38 bits per heavy atom. The van der Waals surface area contributed by atoms with Gasteiger partial charge in [-0.05, 0) is 74.6 Å². The molecule has 1 saturated carbocycles. The van der Waals surface area contributed by atoms with E-state index in [9.17, 15) is 27.6 Å². The lowest BCUT2D eigenvalue weighted by atomic mass is 9.57. The molecule has 1 fully saturated rings. The molecule has 1 aliphatic rings. The lowest BCUT2D eigenvalue weighted by Gasteiger charge is -2.41. The summed E-state index contributed by atoms with van der Waals surface area (Å²) in [5.74, 6) is -2.59. The average Bonchev–Trinajstić information content (AvgIpc) is 2.71. The molecular weight excluding hydrogens is 441 g/mol. The fraction of sp³-hybridized carbons (Fsp3) is 0.400. The quantitative estimate of drug-likeness (QED) is 0.491. The van der Waals surface area contributed by atoms with Crippen LogP contribution >= 0.6 is 11.6 Å². The van der Waals surface area contributed by atoms with Gasteiger partial charge in [0.2, 0.25) is 0 Å². The van der Waals surface area contributed by atoms with Crippen molar-refractivity contribution in [1.29, 1.82) is 0 Å². The number of halogens is 4. The fourth-order valence-corrected chi connectivity index (χ4v) is 4.64. The molecular formula is C25H24ClF3O3. The third-order valence-electron chi connectivity index (χ3n) is 6.33. The molecule has 0 heterocycles. The summed E-state index contributed by atoms with van der Waals surface area (Å²) < 4.78 is 40.0. The van der Waals surface area contributed by atoms with Crippen molar-refractivity contribution in [3.8, 4) is 11.1 Å². The number of rotatable bonds is 3. The lowest BCUT2D eigenvalue weighted by Crippen LogP contribution is -2.56. The molecule has 0 radical (unpaired) electrons. The van der Waals surface area contributed by atoms with Crippen molar-refractivity contribution in [2.45, 2.75) is 53.1 Å². The maximum Gasteiger partial charge on any atom is 0.417 e. The Morgan fingerprint density at radius 1 is 0.875 bits per heavy atom. The maximum absolute atomic E-state index is 13.3. The van der Waals surface area contributed by atoms with E-state index in [1.54, 1.807) is 18.2 Å². The van der Waals surface area contributed by atoms with Crippen molar-refractivity contribution < 1.29 is 27.6 Å². The first-order valence-electron chi connectivity index (χ1n) is 10.3. The summed E-state index contributed by atoms with van der Waals surface area (Å²) in [5.41, 5.74) is -1.83. The number of ketones is 3. The summed E-state index contributed by atoms with van der Waals surface area (Å²) in [7, 11) is 0. The van der Waals surface area contributed by atoms with Gasteiger partial charge < -0.3 is 0 Å². The highest BCUT2D eigenvalue weighted by molar-refractivity contribution is 6.31. The Hall–Kier alpha value is -2.47. The molecule has 0 atom stereocenters. The Labute approximate surface area is 190 Å². The summed E-state index contributed by atoms with van der Waals surface area (Å²) in [5, 5.41) is -0.411. The van der Waals surface area contributed by atoms with E-state index >= 15 is 0 Å². The number of alkyl halides is 3. The third kappa shape index (κ3) is 3.79. The predicted molar refractivity (Wildman–Crippen MR) is 117 cm³/mol. The summed E-state index contributed by atoms with van der Waals surface area (Å²) in [4.78, 5) is 39.4. The van der Waals surface area contributed by atoms with Crippen LogP contribution in [-0.2, 0) is 27.0 Å². The monoisotopic (exact) mass is 464 g/mol. The molecule has 32 heavy (non-hydrogen) atoms. The fourth-order valence-electron chi connectivity index (χ4n) is 4.42. The van der Waals surface area contributed by atoms with Crippen molar-refractivity contribution in [3.05, 3.63) is 58.1 Å². The first-order valence-corrected chi connectivity index (χ1v) is 10.6. The Morgan fingerprint density at radius 3 is 1.88 bits per heavy atom. The predicted octanol–water partition coefficient (Wildman–Crippen LogP) is 6.45. The molecule has 0 bridgehead atoms. The Balaban J connectivity index is 2.21. The molecule has 0 amide bonds. The van der Waals surface area contributed by atoms with E-state index in [1.165, 1.54) is 39.8 Å². The molecule has 0 saturated heterocycles. The van der Waals surface area contributed by atoms with Crippen molar-refractivity contribution in [2.24, 2.45) is 10.8 Å². The standard InChI is InChI=1S/C25H24ClF3O3/c1-6-13-7-8-14(15-9-10-18(26)17(12-15)25(27,28)29)11-16(13)19-20(30)23(2,3)22(32)24(4,5)21(19)31/h7-12,19H,6H2,1-5H3. The zero-order valence-corrected chi connectivity index (χ0v) is 19.2. The summed E-state index contributed by atoms with van der Waals surface area (Å²) >= 11 is 5.74. The second kappa shape index (κ2) is 7.84. The van der Waals surface area contributed by atoms with Gasteiger partial charge in [-0.1, -0.05) is 36.7 Å². The van der Waals surface area contributed by atoms with Crippen LogP contribution in [0.5, 0.6) is 0 Å². The van der Waals surface area contributed by atoms with Crippen LogP contribution in [0.2, 0.25) is 5.02 Å². The maximum atomic E-state index is 13.3. The minimum Gasteiger partial charge on any atom is -0.298 e. The van der Waals surface area contributed by atoms with Gasteiger partial charge in [0.25, 0.3) is 0 Å². The SMILES string of the molecule is CCc1ccc(-c2ccc(Cl)c(C(F)(F)F)c2)cc1C1C(=O)C(C)(C)C(=O)C(C)(C)C1=O. The summed E-state index contributed by atoms with van der Waals surface area (Å²) in [6, 6.07) is 8.55. The van der Waals surface area contributed by atoms with Gasteiger partial charge in [-0.25, -0.2) is 0 Å². The van der Waals surface area contributed by atoms with E-state index in [1.807, 2.05) is 6.92 Å². The number of hydrogen-bond donors (Lipinski definition) is 0. The summed E-state index contributed by atoms with van der Waals surface area (Å²) in [6.45, 7) is 7.93. The normalized spacial score (nSPS) is 18.8. The van der Waals surface area contributed by atoms with Gasteiger partial charge in [0.05, 0.1) is 21.4 Å². The number of hydrogen-bond acceptors (Lipinski definition) is 3. The van der Waals surface area contributed by atoms with Crippen LogP contribution in [0.25, 0.3) is 11.1 Å². The van der Waals surface area contributed by atoms with Crippen LogP contribution in [0.3, 0.4) is 0 Å². The topological polar surface area (TPSA) is 51.2 Å². The number of carbonyl (C=O) groups is 3. The minimum atomic E-state index is -4.62. The molecule has 170 valence electrons. The number of carbonyl (C=O) groups excluding carboxylic acids is 3. The first kappa shape index (κ1) is 24.2. The highest BCUT2D eigenvalue weighted by Crippen LogP contribution is 2.46. The molecule has 1 aliphatic carbocycles. The molecule has 0 unspecified atom stereocenters. The van der Waals surface area contributed by atoms with E-state index < -0.39 is 50.9 Å². The minimum absolute atomic E-state index is 0.260. The van der Waals surface area contributed by atoms with Crippen molar-refractivity contribution in [2.75, 3.05) is 0 Å². The van der Waals surface area contributed by atoms with Crippen LogP contribution in [0.15, 0.2) is 36.4 Å². The second-order valence-electron chi connectivity index (χ2n) is 9.20. The molecule has 3 nitrogen and oxygen atoms in total. The molecule has 0 N–H and O–H groups in total. The molecule has 3 rings (SSSR count). The molecule has 2 aromatic carbocycles. The van der Waals surface area contributed by atoms with E-state index in [0.717, 1.165) is 11.6 Å². The zero-order chi connectivity index (χ0) is 24.2. The molecule has 0 spiro atoms. The van der Waals surface area contributed by atoms with Gasteiger partial charge >= 0.3 is 6.18 Å². The van der Waals surface area contributed by atoms with Crippen molar-refractivity contribution >= 4 is 29.0 Å². The highest BCUT2D eigenvalue weighted by atomic mass is 35.5. The van der Waals surface area contributed by atoms with Crippen LogP contribution in [0, 0.1) is 10.8 Å². The van der Waals surface area contributed by atoms with Gasteiger partial charge in [0.15, 0.2) is 17.3 Å². The third-order valence-corrected chi connectivity index (χ3v) is 6.66. The van der Waals surface area contributed by atoms with Crippen molar-refractivity contribution in [3.63, 3.8) is 0 Å². The number of aryl methyl sites for hydroxylation is 1. The highest BCUT2D eigenvalue weighted by Gasteiger charge is 2.58. The van der Waals surface area contributed by atoms with Crippen LogP contribution in [0.4, 0.5) is 13.2 Å².